The maximum atomic E-state index is 12.5. The van der Waals surface area contributed by atoms with E-state index in [1.54, 1.807) is 54.9 Å². The number of ether oxygens (including phenoxy) is 2. The molecule has 0 saturated carbocycles. The van der Waals surface area contributed by atoms with Gasteiger partial charge in [-0.15, -0.1) is 13.2 Å². The van der Waals surface area contributed by atoms with Crippen molar-refractivity contribution in [2.75, 3.05) is 0 Å². The number of halogens is 3. The summed E-state index contributed by atoms with van der Waals surface area (Å²) in [5.41, 5.74) is 0.553. The zero-order valence-corrected chi connectivity index (χ0v) is 14.4. The number of hydrogen-bond acceptors (Lipinski definition) is 4. The average Bonchev–Trinajstić information content (AvgIpc) is 2.67. The monoisotopic (exact) mass is 388 g/mol. The van der Waals surface area contributed by atoms with Gasteiger partial charge >= 0.3 is 6.36 Å². The van der Waals surface area contributed by atoms with E-state index in [4.69, 9.17) is 4.74 Å². The number of pyridine rings is 1. The highest BCUT2D eigenvalue weighted by molar-refractivity contribution is 5.94. The quantitative estimate of drug-likeness (QED) is 0.665. The Labute approximate surface area is 158 Å². The molecule has 8 heteroatoms. The molecule has 0 aliphatic carbocycles. The first-order valence-corrected chi connectivity index (χ1v) is 8.20. The lowest BCUT2D eigenvalue weighted by molar-refractivity contribution is -0.274. The van der Waals surface area contributed by atoms with Gasteiger partial charge in [-0.25, -0.2) is 0 Å². The second-order valence-electron chi connectivity index (χ2n) is 5.65. The number of para-hydroxylation sites is 1. The number of rotatable bonds is 6. The van der Waals surface area contributed by atoms with Gasteiger partial charge in [0.25, 0.3) is 5.91 Å². The van der Waals surface area contributed by atoms with Crippen LogP contribution in [-0.2, 0) is 6.54 Å². The predicted molar refractivity (Wildman–Crippen MR) is 95.0 cm³/mol. The molecule has 0 spiro atoms. The molecule has 0 unspecified atom stereocenters. The lowest BCUT2D eigenvalue weighted by Gasteiger charge is -2.13. The molecule has 1 N–H and O–H groups in total. The number of carbonyl (C=O) groups excluding carboxylic acids is 1. The van der Waals surface area contributed by atoms with Gasteiger partial charge in [0.15, 0.2) is 0 Å². The van der Waals surface area contributed by atoms with Gasteiger partial charge in [-0.2, -0.15) is 0 Å². The minimum atomic E-state index is -4.80. The molecule has 1 heterocycles. The van der Waals surface area contributed by atoms with E-state index in [1.807, 2.05) is 0 Å². The third kappa shape index (κ3) is 5.47. The van der Waals surface area contributed by atoms with Crippen LogP contribution < -0.4 is 14.8 Å². The molecule has 0 fully saturated rings. The molecule has 1 aromatic heterocycles. The van der Waals surface area contributed by atoms with Crippen molar-refractivity contribution in [3.8, 4) is 17.2 Å². The SMILES string of the molecule is O=C(NCc1ccccc1OC(F)(F)F)c1ccc(Oc2cccnc2)cc1. The number of benzene rings is 2. The molecule has 0 radical (unpaired) electrons. The van der Waals surface area contributed by atoms with Gasteiger partial charge in [-0.1, -0.05) is 18.2 Å². The molecule has 3 aromatic rings. The molecule has 144 valence electrons. The summed E-state index contributed by atoms with van der Waals surface area (Å²) in [5, 5.41) is 2.57. The largest absolute Gasteiger partial charge is 0.573 e. The molecule has 3 rings (SSSR count). The number of aromatic nitrogens is 1. The summed E-state index contributed by atoms with van der Waals surface area (Å²) in [7, 11) is 0. The Morgan fingerprint density at radius 1 is 0.964 bits per heavy atom. The molecule has 2 aromatic carbocycles. The first-order valence-electron chi connectivity index (χ1n) is 8.20. The Morgan fingerprint density at radius 3 is 2.39 bits per heavy atom. The van der Waals surface area contributed by atoms with Crippen LogP contribution in [0.15, 0.2) is 73.1 Å². The fourth-order valence-corrected chi connectivity index (χ4v) is 2.37. The zero-order valence-electron chi connectivity index (χ0n) is 14.4. The van der Waals surface area contributed by atoms with Crippen LogP contribution in [0.25, 0.3) is 0 Å². The van der Waals surface area contributed by atoms with E-state index in [0.717, 1.165) is 0 Å². The first kappa shape index (κ1) is 19.2. The number of nitrogens with one attached hydrogen (secondary N) is 1. The van der Waals surface area contributed by atoms with Gasteiger partial charge in [-0.3, -0.25) is 9.78 Å². The van der Waals surface area contributed by atoms with E-state index in [1.165, 1.54) is 18.2 Å². The second kappa shape index (κ2) is 8.43. The van der Waals surface area contributed by atoms with Crippen molar-refractivity contribution in [3.63, 3.8) is 0 Å². The van der Waals surface area contributed by atoms with Crippen molar-refractivity contribution >= 4 is 5.91 Å². The van der Waals surface area contributed by atoms with Crippen LogP contribution in [0.2, 0.25) is 0 Å². The van der Waals surface area contributed by atoms with Crippen molar-refractivity contribution in [1.29, 1.82) is 0 Å². The van der Waals surface area contributed by atoms with E-state index in [2.05, 4.69) is 15.0 Å². The van der Waals surface area contributed by atoms with Gasteiger partial charge < -0.3 is 14.8 Å². The lowest BCUT2D eigenvalue weighted by atomic mass is 10.1. The highest BCUT2D eigenvalue weighted by atomic mass is 19.4. The molecular weight excluding hydrogens is 373 g/mol. The molecular formula is C20H15F3N2O3. The summed E-state index contributed by atoms with van der Waals surface area (Å²) in [6.45, 7) is -0.112. The topological polar surface area (TPSA) is 60.5 Å². The maximum Gasteiger partial charge on any atom is 0.573 e. The first-order chi connectivity index (χ1) is 13.4. The van der Waals surface area contributed by atoms with Crippen LogP contribution >= 0.6 is 0 Å². The smallest absolute Gasteiger partial charge is 0.456 e. The molecule has 0 saturated heterocycles. The van der Waals surface area contributed by atoms with Crippen molar-refractivity contribution < 1.29 is 27.4 Å². The number of nitrogens with zero attached hydrogens (tertiary/aromatic N) is 1. The molecule has 0 aliphatic rings. The highest BCUT2D eigenvalue weighted by Gasteiger charge is 2.31. The Morgan fingerprint density at radius 2 is 1.71 bits per heavy atom. The average molecular weight is 388 g/mol. The maximum absolute atomic E-state index is 12.5. The Balaban J connectivity index is 1.61. The summed E-state index contributed by atoms with van der Waals surface area (Å²) in [6, 6.07) is 15.4. The fourth-order valence-electron chi connectivity index (χ4n) is 2.37. The standard InChI is InChI=1S/C20H15F3N2O3/c21-20(22,23)28-18-6-2-1-4-15(18)12-25-19(26)14-7-9-16(10-8-14)27-17-5-3-11-24-13-17/h1-11,13H,12H2,(H,25,26). The van der Waals surface area contributed by atoms with E-state index < -0.39 is 12.3 Å². The summed E-state index contributed by atoms with van der Waals surface area (Å²) >= 11 is 0. The molecule has 0 atom stereocenters. The van der Waals surface area contributed by atoms with Crippen LogP contribution in [0, 0.1) is 0 Å². The van der Waals surface area contributed by atoms with Gasteiger partial charge in [-0.05, 0) is 42.5 Å². The van der Waals surface area contributed by atoms with Crippen LogP contribution in [0.3, 0.4) is 0 Å². The zero-order chi connectivity index (χ0) is 20.0. The summed E-state index contributed by atoms with van der Waals surface area (Å²) < 4.78 is 46.9. The van der Waals surface area contributed by atoms with Crippen LogP contribution in [0.4, 0.5) is 13.2 Å². The molecule has 5 nitrogen and oxygen atoms in total. The predicted octanol–water partition coefficient (Wildman–Crippen LogP) is 4.70. The van der Waals surface area contributed by atoms with Crippen LogP contribution in [-0.4, -0.2) is 17.3 Å². The van der Waals surface area contributed by atoms with Crippen LogP contribution in [0.1, 0.15) is 15.9 Å². The normalized spacial score (nSPS) is 11.0. The van der Waals surface area contributed by atoms with Crippen molar-refractivity contribution in [2.45, 2.75) is 12.9 Å². The highest BCUT2D eigenvalue weighted by Crippen LogP contribution is 2.26. The minimum Gasteiger partial charge on any atom is -0.456 e. The van der Waals surface area contributed by atoms with Gasteiger partial charge in [0.2, 0.25) is 0 Å². The van der Waals surface area contributed by atoms with Crippen molar-refractivity contribution in [3.05, 3.63) is 84.2 Å². The third-order valence-corrected chi connectivity index (χ3v) is 3.62. The number of alkyl halides is 3. The van der Waals surface area contributed by atoms with E-state index in [-0.39, 0.29) is 17.9 Å². The summed E-state index contributed by atoms with van der Waals surface area (Å²) in [5.74, 6) is 0.291. The number of carbonyl (C=O) groups is 1. The Kier molecular flexibility index (Phi) is 5.78. The summed E-state index contributed by atoms with van der Waals surface area (Å²) in [4.78, 5) is 16.2. The van der Waals surface area contributed by atoms with Crippen molar-refractivity contribution in [1.82, 2.24) is 10.3 Å². The minimum absolute atomic E-state index is 0.112. The van der Waals surface area contributed by atoms with E-state index >= 15 is 0 Å². The van der Waals surface area contributed by atoms with E-state index in [0.29, 0.717) is 17.1 Å². The molecule has 1 amide bonds. The van der Waals surface area contributed by atoms with Gasteiger partial charge in [0, 0.05) is 23.9 Å². The number of hydrogen-bond donors (Lipinski definition) is 1. The second-order valence-corrected chi connectivity index (χ2v) is 5.65. The molecule has 0 bridgehead atoms. The van der Waals surface area contributed by atoms with E-state index in [9.17, 15) is 18.0 Å². The number of amides is 1. The van der Waals surface area contributed by atoms with Gasteiger partial charge in [0.1, 0.15) is 17.2 Å². The van der Waals surface area contributed by atoms with Crippen LogP contribution in [0.5, 0.6) is 17.2 Å². The third-order valence-electron chi connectivity index (χ3n) is 3.62. The Bertz CT molecular complexity index is 929. The molecule has 28 heavy (non-hydrogen) atoms. The summed E-state index contributed by atoms with van der Waals surface area (Å²) in [6.07, 6.45) is -1.62. The van der Waals surface area contributed by atoms with Gasteiger partial charge in [0.05, 0.1) is 6.20 Å². The fraction of sp³-hybridized carbons (Fsp3) is 0.100. The Hall–Kier alpha value is -3.55. The van der Waals surface area contributed by atoms with Crippen molar-refractivity contribution in [2.24, 2.45) is 0 Å². The molecule has 0 aliphatic heterocycles. The lowest BCUT2D eigenvalue weighted by Crippen LogP contribution is -2.24.